The molecule has 0 radical (unpaired) electrons. The molecule has 3 aromatic rings. The second-order valence-corrected chi connectivity index (χ2v) is 7.88. The fourth-order valence-corrected chi connectivity index (χ4v) is 4.09. The van der Waals surface area contributed by atoms with Crippen LogP contribution in [0.5, 0.6) is 5.75 Å². The molecule has 1 aliphatic heterocycles. The lowest BCUT2D eigenvalue weighted by Gasteiger charge is -2.29. The van der Waals surface area contributed by atoms with E-state index in [2.05, 4.69) is 48.2 Å². The number of phenolic OH excluding ortho intramolecular Hbond substituents is 1. The molecule has 0 fully saturated rings. The quantitative estimate of drug-likeness (QED) is 0.633. The number of aromatic hydroxyl groups is 1. The fraction of sp³-hybridized carbons (Fsp3) is 0.269. The summed E-state index contributed by atoms with van der Waals surface area (Å²) in [6.07, 6.45) is 1.88. The highest BCUT2D eigenvalue weighted by atomic mass is 16.3. The summed E-state index contributed by atoms with van der Waals surface area (Å²) < 4.78 is 0. The molecule has 0 aliphatic carbocycles. The Morgan fingerprint density at radius 1 is 1.00 bits per heavy atom. The van der Waals surface area contributed by atoms with Gasteiger partial charge < -0.3 is 14.9 Å². The first kappa shape index (κ1) is 20.0. The van der Waals surface area contributed by atoms with Crippen molar-refractivity contribution in [1.29, 1.82) is 0 Å². The van der Waals surface area contributed by atoms with E-state index < -0.39 is 0 Å². The van der Waals surface area contributed by atoms with Gasteiger partial charge in [0.05, 0.1) is 0 Å². The predicted octanol–water partition coefficient (Wildman–Crippen LogP) is 5.01. The van der Waals surface area contributed by atoms with Crippen molar-refractivity contribution in [3.63, 3.8) is 0 Å². The zero-order valence-corrected chi connectivity index (χ0v) is 17.4. The Morgan fingerprint density at radius 2 is 1.77 bits per heavy atom. The standard InChI is InChI=1S/C26H28N2O2/c1-2-15-27(18-20-6-4-3-5-7-20)24-11-8-22(9-12-24)26(30)28-16-14-21-10-13-25(29)17-23(21)19-28/h3-13,17,29H,2,14-16,18-19H2,1H3. The molecule has 0 spiro atoms. The number of phenols is 1. The molecule has 1 heterocycles. The van der Waals surface area contributed by atoms with Crippen LogP contribution in [0.2, 0.25) is 0 Å². The number of fused-ring (bicyclic) bond motifs is 1. The third-order valence-corrected chi connectivity index (χ3v) is 5.68. The van der Waals surface area contributed by atoms with Gasteiger partial charge in [-0.3, -0.25) is 4.79 Å². The monoisotopic (exact) mass is 400 g/mol. The molecule has 4 rings (SSSR count). The van der Waals surface area contributed by atoms with Gasteiger partial charge in [0, 0.05) is 37.4 Å². The van der Waals surface area contributed by atoms with Crippen LogP contribution in [0.15, 0.2) is 72.8 Å². The highest BCUT2D eigenvalue weighted by Crippen LogP contribution is 2.25. The van der Waals surface area contributed by atoms with E-state index in [0.29, 0.717) is 18.7 Å². The highest BCUT2D eigenvalue weighted by molar-refractivity contribution is 5.94. The minimum atomic E-state index is 0.0423. The topological polar surface area (TPSA) is 43.8 Å². The van der Waals surface area contributed by atoms with Crippen LogP contribution >= 0.6 is 0 Å². The van der Waals surface area contributed by atoms with Crippen LogP contribution in [0.4, 0.5) is 5.69 Å². The molecule has 30 heavy (non-hydrogen) atoms. The molecule has 154 valence electrons. The molecular formula is C26H28N2O2. The van der Waals surface area contributed by atoms with Crippen molar-refractivity contribution >= 4 is 11.6 Å². The summed E-state index contributed by atoms with van der Waals surface area (Å²) in [7, 11) is 0. The van der Waals surface area contributed by atoms with Gasteiger partial charge in [0.1, 0.15) is 5.75 Å². The Morgan fingerprint density at radius 3 is 2.50 bits per heavy atom. The molecule has 0 bridgehead atoms. The Labute approximate surface area is 178 Å². The van der Waals surface area contributed by atoms with Gasteiger partial charge in [0.25, 0.3) is 5.91 Å². The molecule has 1 amide bonds. The van der Waals surface area contributed by atoms with E-state index in [4.69, 9.17) is 0 Å². The van der Waals surface area contributed by atoms with Crippen LogP contribution in [-0.4, -0.2) is 29.0 Å². The van der Waals surface area contributed by atoms with E-state index in [1.807, 2.05) is 29.2 Å². The van der Waals surface area contributed by atoms with Crippen molar-refractivity contribution < 1.29 is 9.90 Å². The number of hydrogen-bond donors (Lipinski definition) is 1. The average molecular weight is 401 g/mol. The maximum atomic E-state index is 13.0. The van der Waals surface area contributed by atoms with Crippen LogP contribution in [0.3, 0.4) is 0 Å². The van der Waals surface area contributed by atoms with Crippen molar-refractivity contribution in [2.24, 2.45) is 0 Å². The average Bonchev–Trinajstić information content (AvgIpc) is 2.78. The first-order valence-corrected chi connectivity index (χ1v) is 10.6. The summed E-state index contributed by atoms with van der Waals surface area (Å²) in [5, 5.41) is 9.75. The Bertz CT molecular complexity index is 999. The molecule has 1 N–H and O–H groups in total. The van der Waals surface area contributed by atoms with Gasteiger partial charge in [-0.15, -0.1) is 0 Å². The van der Waals surface area contributed by atoms with Crippen molar-refractivity contribution in [2.45, 2.75) is 32.9 Å². The van der Waals surface area contributed by atoms with E-state index in [-0.39, 0.29) is 11.7 Å². The lowest BCUT2D eigenvalue weighted by molar-refractivity contribution is 0.0734. The fourth-order valence-electron chi connectivity index (χ4n) is 4.09. The summed E-state index contributed by atoms with van der Waals surface area (Å²) >= 11 is 0. The molecule has 1 aliphatic rings. The Balaban J connectivity index is 1.47. The summed E-state index contributed by atoms with van der Waals surface area (Å²) in [6, 6.07) is 23.9. The number of nitrogens with zero attached hydrogens (tertiary/aromatic N) is 2. The van der Waals surface area contributed by atoms with Crippen LogP contribution in [0.1, 0.15) is 40.4 Å². The molecule has 0 saturated carbocycles. The third kappa shape index (κ3) is 4.48. The normalized spacial score (nSPS) is 13.0. The van der Waals surface area contributed by atoms with E-state index in [9.17, 15) is 9.90 Å². The number of carbonyl (C=O) groups excluding carboxylic acids is 1. The molecule has 4 nitrogen and oxygen atoms in total. The number of anilines is 1. The SMILES string of the molecule is CCCN(Cc1ccccc1)c1ccc(C(=O)N2CCc3ccc(O)cc3C2)cc1. The lowest BCUT2D eigenvalue weighted by atomic mass is 9.99. The number of hydrogen-bond acceptors (Lipinski definition) is 3. The van der Waals surface area contributed by atoms with Crippen molar-refractivity contribution in [3.05, 3.63) is 95.1 Å². The number of rotatable bonds is 6. The maximum Gasteiger partial charge on any atom is 0.254 e. The molecular weight excluding hydrogens is 372 g/mol. The largest absolute Gasteiger partial charge is 0.508 e. The zero-order chi connectivity index (χ0) is 20.9. The predicted molar refractivity (Wildman–Crippen MR) is 121 cm³/mol. The van der Waals surface area contributed by atoms with Crippen molar-refractivity contribution in [2.75, 3.05) is 18.0 Å². The van der Waals surface area contributed by atoms with Crippen molar-refractivity contribution in [3.8, 4) is 5.75 Å². The maximum absolute atomic E-state index is 13.0. The number of carbonyl (C=O) groups is 1. The molecule has 3 aromatic carbocycles. The number of amides is 1. The van der Waals surface area contributed by atoms with Crippen molar-refractivity contribution in [1.82, 2.24) is 4.90 Å². The van der Waals surface area contributed by atoms with Crippen LogP contribution < -0.4 is 4.90 Å². The van der Waals surface area contributed by atoms with Gasteiger partial charge >= 0.3 is 0 Å². The number of benzene rings is 3. The minimum Gasteiger partial charge on any atom is -0.508 e. The van der Waals surface area contributed by atoms with E-state index in [0.717, 1.165) is 37.2 Å². The second-order valence-electron chi connectivity index (χ2n) is 7.88. The van der Waals surface area contributed by atoms with Crippen LogP contribution in [0, 0.1) is 0 Å². The molecule has 0 saturated heterocycles. The molecule has 0 atom stereocenters. The van der Waals surface area contributed by atoms with E-state index in [1.165, 1.54) is 11.1 Å². The zero-order valence-electron chi connectivity index (χ0n) is 17.4. The first-order chi connectivity index (χ1) is 14.6. The van der Waals surface area contributed by atoms with Gasteiger partial charge in [-0.05, 0) is 65.9 Å². The van der Waals surface area contributed by atoms with Gasteiger partial charge in [0.15, 0.2) is 0 Å². The minimum absolute atomic E-state index is 0.0423. The lowest BCUT2D eigenvalue weighted by Crippen LogP contribution is -2.36. The summed E-state index contributed by atoms with van der Waals surface area (Å²) in [4.78, 5) is 17.3. The molecule has 4 heteroatoms. The van der Waals surface area contributed by atoms with E-state index >= 15 is 0 Å². The van der Waals surface area contributed by atoms with Gasteiger partial charge in [-0.25, -0.2) is 0 Å². The first-order valence-electron chi connectivity index (χ1n) is 10.6. The molecule has 0 aromatic heterocycles. The van der Waals surface area contributed by atoms with Gasteiger partial charge in [0.2, 0.25) is 0 Å². The highest BCUT2D eigenvalue weighted by Gasteiger charge is 2.22. The molecule has 0 unspecified atom stereocenters. The smallest absolute Gasteiger partial charge is 0.254 e. The summed E-state index contributed by atoms with van der Waals surface area (Å²) in [5.41, 5.74) is 5.36. The Kier molecular flexibility index (Phi) is 6.03. The van der Waals surface area contributed by atoms with E-state index in [1.54, 1.807) is 12.1 Å². The van der Waals surface area contributed by atoms with Crippen LogP contribution in [-0.2, 0) is 19.5 Å². The third-order valence-electron chi connectivity index (χ3n) is 5.68. The van der Waals surface area contributed by atoms with Gasteiger partial charge in [-0.2, -0.15) is 0 Å². The Hall–Kier alpha value is -3.27. The summed E-state index contributed by atoms with van der Waals surface area (Å²) in [6.45, 7) is 5.25. The second kappa shape index (κ2) is 9.04. The van der Waals surface area contributed by atoms with Gasteiger partial charge in [-0.1, -0.05) is 43.3 Å². The summed E-state index contributed by atoms with van der Waals surface area (Å²) in [5.74, 6) is 0.294. The van der Waals surface area contributed by atoms with Crippen LogP contribution in [0.25, 0.3) is 0 Å².